The number of rotatable bonds is 7. The van der Waals surface area contributed by atoms with Crippen LogP contribution in [0.4, 0.5) is 0 Å². The van der Waals surface area contributed by atoms with Gasteiger partial charge in [0.1, 0.15) is 11.5 Å². The van der Waals surface area contributed by atoms with E-state index in [-0.39, 0.29) is 5.41 Å². The summed E-state index contributed by atoms with van der Waals surface area (Å²) in [6.45, 7) is 10.2. The predicted molar refractivity (Wildman–Crippen MR) is 84.5 cm³/mol. The van der Waals surface area contributed by atoms with Crippen LogP contribution in [0.25, 0.3) is 0 Å². The molecular weight excluding hydrogens is 256 g/mol. The number of thiol groups is 1. The lowest BCUT2D eigenvalue weighted by molar-refractivity contribution is 0.165. The molecule has 0 aromatic heterocycles. The van der Waals surface area contributed by atoms with E-state index in [0.29, 0.717) is 12.5 Å². The fourth-order valence-electron chi connectivity index (χ4n) is 1.63. The van der Waals surface area contributed by atoms with Gasteiger partial charge in [0, 0.05) is 5.92 Å². The molecule has 1 aromatic carbocycles. The minimum Gasteiger partial charge on any atom is -0.494 e. The van der Waals surface area contributed by atoms with Gasteiger partial charge in [-0.05, 0) is 41.9 Å². The molecular formula is C16H26O2S. The summed E-state index contributed by atoms with van der Waals surface area (Å²) < 4.78 is 11.4. The Bertz CT molecular complexity index is 354. The Morgan fingerprint density at radius 3 is 2.00 bits per heavy atom. The van der Waals surface area contributed by atoms with E-state index < -0.39 is 0 Å². The van der Waals surface area contributed by atoms with E-state index in [1.54, 1.807) is 0 Å². The van der Waals surface area contributed by atoms with E-state index >= 15 is 0 Å². The van der Waals surface area contributed by atoms with Crippen LogP contribution < -0.4 is 9.47 Å². The molecule has 0 spiro atoms. The third-order valence-corrected chi connectivity index (χ3v) is 3.63. The first kappa shape index (κ1) is 16.2. The molecule has 0 amide bonds. The Morgan fingerprint density at radius 1 is 1.05 bits per heavy atom. The van der Waals surface area contributed by atoms with Crippen LogP contribution in [-0.4, -0.2) is 19.0 Å². The van der Waals surface area contributed by atoms with Crippen molar-refractivity contribution < 1.29 is 9.47 Å². The Labute approximate surface area is 122 Å². The third-order valence-electron chi connectivity index (χ3n) is 3.19. The highest BCUT2D eigenvalue weighted by atomic mass is 32.1. The molecule has 0 N–H and O–H groups in total. The van der Waals surface area contributed by atoms with Crippen LogP contribution in [0, 0.1) is 11.3 Å². The highest BCUT2D eigenvalue weighted by molar-refractivity contribution is 7.80. The third kappa shape index (κ3) is 5.77. The average molecular weight is 282 g/mol. The van der Waals surface area contributed by atoms with Crippen molar-refractivity contribution in [3.05, 3.63) is 24.3 Å². The van der Waals surface area contributed by atoms with Crippen molar-refractivity contribution in [2.45, 2.75) is 34.1 Å². The van der Waals surface area contributed by atoms with Gasteiger partial charge in [-0.15, -0.1) is 0 Å². The number of ether oxygens (including phenoxy) is 2. The van der Waals surface area contributed by atoms with Gasteiger partial charge in [-0.2, -0.15) is 12.6 Å². The van der Waals surface area contributed by atoms with Gasteiger partial charge in [-0.3, -0.25) is 0 Å². The summed E-state index contributed by atoms with van der Waals surface area (Å²) in [6, 6.07) is 7.84. The average Bonchev–Trinajstić information content (AvgIpc) is 2.37. The second-order valence-corrected chi connectivity index (χ2v) is 6.24. The van der Waals surface area contributed by atoms with Crippen LogP contribution in [0.15, 0.2) is 24.3 Å². The van der Waals surface area contributed by atoms with Crippen molar-refractivity contribution >= 4 is 12.6 Å². The molecule has 0 fully saturated rings. The van der Waals surface area contributed by atoms with Gasteiger partial charge in [0.2, 0.25) is 0 Å². The summed E-state index contributed by atoms with van der Waals surface area (Å²) in [4.78, 5) is 0. The normalized spacial score (nSPS) is 13.1. The molecule has 19 heavy (non-hydrogen) atoms. The van der Waals surface area contributed by atoms with E-state index in [1.807, 2.05) is 24.3 Å². The van der Waals surface area contributed by atoms with Crippen LogP contribution in [0.1, 0.15) is 34.1 Å². The lowest BCUT2D eigenvalue weighted by atomic mass is 9.82. The quantitative estimate of drug-likeness (QED) is 0.745. The monoisotopic (exact) mass is 282 g/mol. The van der Waals surface area contributed by atoms with Gasteiger partial charge < -0.3 is 9.47 Å². The number of hydrogen-bond acceptors (Lipinski definition) is 3. The molecule has 1 aromatic rings. The lowest BCUT2D eigenvalue weighted by Crippen LogP contribution is -2.28. The topological polar surface area (TPSA) is 18.5 Å². The van der Waals surface area contributed by atoms with E-state index in [1.165, 1.54) is 0 Å². The Balaban J connectivity index is 2.49. The molecule has 3 heteroatoms. The second-order valence-electron chi connectivity index (χ2n) is 5.88. The minimum absolute atomic E-state index is 0.214. The van der Waals surface area contributed by atoms with E-state index in [0.717, 1.165) is 30.3 Å². The molecule has 0 aliphatic heterocycles. The first-order valence-electron chi connectivity index (χ1n) is 6.94. The van der Waals surface area contributed by atoms with Crippen molar-refractivity contribution in [1.82, 2.24) is 0 Å². The fraction of sp³-hybridized carbons (Fsp3) is 0.625. The summed E-state index contributed by atoms with van der Waals surface area (Å²) in [5.74, 6) is 3.06. The predicted octanol–water partition coefficient (Wildman–Crippen LogP) is 4.45. The molecule has 0 radical (unpaired) electrons. The molecule has 0 heterocycles. The molecule has 0 saturated heterocycles. The Morgan fingerprint density at radius 2 is 1.58 bits per heavy atom. The maximum absolute atomic E-state index is 5.84. The minimum atomic E-state index is 0.214. The fourth-order valence-corrected chi connectivity index (χ4v) is 2.28. The summed E-state index contributed by atoms with van der Waals surface area (Å²) >= 11 is 4.41. The highest BCUT2D eigenvalue weighted by Crippen LogP contribution is 2.28. The number of benzene rings is 1. The summed E-state index contributed by atoms with van der Waals surface area (Å²) in [5, 5.41) is 0. The van der Waals surface area contributed by atoms with Gasteiger partial charge in [-0.1, -0.05) is 27.7 Å². The van der Waals surface area contributed by atoms with E-state index in [2.05, 4.69) is 40.3 Å². The molecule has 1 unspecified atom stereocenters. The van der Waals surface area contributed by atoms with Gasteiger partial charge in [-0.25, -0.2) is 0 Å². The van der Waals surface area contributed by atoms with Crippen LogP contribution >= 0.6 is 12.6 Å². The largest absolute Gasteiger partial charge is 0.494 e. The smallest absolute Gasteiger partial charge is 0.119 e. The van der Waals surface area contributed by atoms with E-state index in [4.69, 9.17) is 9.47 Å². The van der Waals surface area contributed by atoms with Gasteiger partial charge in [0.05, 0.1) is 13.2 Å². The zero-order chi connectivity index (χ0) is 14.3. The molecule has 1 rings (SSSR count). The standard InChI is InChI=1S/C16H26O2S/c1-5-10-17-14-6-8-15(9-7-14)18-11-13(12-19)16(2,3)4/h6-9,13,19H,5,10-12H2,1-4H3. The Kier molecular flexibility index (Phi) is 6.56. The zero-order valence-corrected chi connectivity index (χ0v) is 13.4. The van der Waals surface area contributed by atoms with Gasteiger partial charge in [0.15, 0.2) is 0 Å². The zero-order valence-electron chi connectivity index (χ0n) is 12.5. The lowest BCUT2D eigenvalue weighted by Gasteiger charge is -2.29. The molecule has 0 bridgehead atoms. The van der Waals surface area contributed by atoms with Crippen molar-refractivity contribution in [3.63, 3.8) is 0 Å². The molecule has 0 aliphatic rings. The van der Waals surface area contributed by atoms with Crippen molar-refractivity contribution in [3.8, 4) is 11.5 Å². The second kappa shape index (κ2) is 7.68. The van der Waals surface area contributed by atoms with Crippen molar-refractivity contribution in [2.24, 2.45) is 11.3 Å². The first-order chi connectivity index (χ1) is 8.97. The van der Waals surface area contributed by atoms with E-state index in [9.17, 15) is 0 Å². The first-order valence-corrected chi connectivity index (χ1v) is 7.57. The van der Waals surface area contributed by atoms with Crippen molar-refractivity contribution in [1.29, 1.82) is 0 Å². The number of hydrogen-bond donors (Lipinski definition) is 1. The van der Waals surface area contributed by atoms with Crippen LogP contribution in [-0.2, 0) is 0 Å². The summed E-state index contributed by atoms with van der Waals surface area (Å²) in [7, 11) is 0. The molecule has 0 aliphatic carbocycles. The van der Waals surface area contributed by atoms with Gasteiger partial charge >= 0.3 is 0 Å². The molecule has 0 saturated carbocycles. The maximum Gasteiger partial charge on any atom is 0.119 e. The molecule has 2 nitrogen and oxygen atoms in total. The maximum atomic E-state index is 5.84. The Hall–Kier alpha value is -0.830. The van der Waals surface area contributed by atoms with Crippen LogP contribution in [0.3, 0.4) is 0 Å². The van der Waals surface area contributed by atoms with Crippen molar-refractivity contribution in [2.75, 3.05) is 19.0 Å². The summed E-state index contributed by atoms with van der Waals surface area (Å²) in [6.07, 6.45) is 1.02. The summed E-state index contributed by atoms with van der Waals surface area (Å²) in [5.41, 5.74) is 0.214. The SMILES string of the molecule is CCCOc1ccc(OCC(CS)C(C)(C)C)cc1. The van der Waals surface area contributed by atoms with Crippen LogP contribution in [0.2, 0.25) is 0 Å². The molecule has 108 valence electrons. The van der Waals surface area contributed by atoms with Crippen LogP contribution in [0.5, 0.6) is 11.5 Å². The highest BCUT2D eigenvalue weighted by Gasteiger charge is 2.23. The molecule has 1 atom stereocenters. The van der Waals surface area contributed by atoms with Gasteiger partial charge in [0.25, 0.3) is 0 Å².